The molecule has 0 aromatic heterocycles. The molecule has 0 saturated heterocycles. The molecule has 0 aromatic rings. The number of hydrogen-bond acceptors (Lipinski definition) is 1. The zero-order valence-corrected chi connectivity index (χ0v) is 7.12. The van der Waals surface area contributed by atoms with Crippen LogP contribution in [-0.2, 0) is 0 Å². The zero-order valence-electron chi connectivity index (χ0n) is 6.37. The fourth-order valence-electron chi connectivity index (χ4n) is 0.786. The van der Waals surface area contributed by atoms with Gasteiger partial charge in [0, 0.05) is 18.5 Å². The smallest absolute Gasteiger partial charge is 0.102 e. The van der Waals surface area contributed by atoms with E-state index < -0.39 is 0 Å². The Bertz CT molecular complexity index is 62.6. The van der Waals surface area contributed by atoms with Crippen LogP contribution in [0.2, 0.25) is 0 Å². The summed E-state index contributed by atoms with van der Waals surface area (Å²) in [5, 5.41) is 3.03. The van der Waals surface area contributed by atoms with E-state index in [0.717, 1.165) is 12.8 Å². The van der Waals surface area contributed by atoms with Gasteiger partial charge in [0.05, 0.1) is 0 Å². The molecule has 0 spiro atoms. The molecule has 0 aliphatic rings. The Morgan fingerprint density at radius 2 is 2.30 bits per heavy atom. The molecule has 0 bridgehead atoms. The van der Waals surface area contributed by atoms with Gasteiger partial charge in [0.15, 0.2) is 0 Å². The first kappa shape index (κ1) is 10.2. The monoisotopic (exact) mass is 167 g/mol. The minimum atomic E-state index is -0.286. The Balaban J connectivity index is 3.00. The summed E-state index contributed by atoms with van der Waals surface area (Å²) in [6.45, 7) is 2.22. The first-order chi connectivity index (χ1) is 4.81. The molecule has 0 rings (SSSR count). The predicted molar refractivity (Wildman–Crippen MR) is 43.4 cm³/mol. The molecular weight excluding hydrogens is 153 g/mol. The molecule has 3 heteroatoms. The molecule has 1 unspecified atom stereocenters. The lowest BCUT2D eigenvalue weighted by Crippen LogP contribution is -2.27. The highest BCUT2D eigenvalue weighted by Crippen LogP contribution is 1.96. The van der Waals surface area contributed by atoms with Gasteiger partial charge in [0.25, 0.3) is 0 Å². The molecule has 0 fully saturated rings. The van der Waals surface area contributed by atoms with E-state index in [2.05, 4.69) is 5.32 Å². The van der Waals surface area contributed by atoms with Crippen molar-refractivity contribution in [2.75, 3.05) is 19.1 Å². The standard InChI is InChI=1S/C7H15ClFN/c1-7(3-2-4-8)10-6-5-9/h7,10H,2-6H2,1H3. The van der Waals surface area contributed by atoms with Gasteiger partial charge >= 0.3 is 0 Å². The maximum atomic E-state index is 11.6. The zero-order chi connectivity index (χ0) is 7.82. The van der Waals surface area contributed by atoms with Gasteiger partial charge in [-0.25, -0.2) is 4.39 Å². The summed E-state index contributed by atoms with van der Waals surface area (Å²) in [7, 11) is 0. The summed E-state index contributed by atoms with van der Waals surface area (Å²) in [6, 6.07) is 0.398. The lowest BCUT2D eigenvalue weighted by molar-refractivity contribution is 0.428. The highest BCUT2D eigenvalue weighted by atomic mass is 35.5. The van der Waals surface area contributed by atoms with E-state index in [-0.39, 0.29) is 6.67 Å². The molecule has 0 aromatic carbocycles. The summed E-state index contributed by atoms with van der Waals surface area (Å²) < 4.78 is 11.6. The molecule has 10 heavy (non-hydrogen) atoms. The van der Waals surface area contributed by atoms with Gasteiger partial charge < -0.3 is 5.32 Å². The van der Waals surface area contributed by atoms with E-state index in [4.69, 9.17) is 11.6 Å². The third-order valence-corrected chi connectivity index (χ3v) is 1.63. The maximum Gasteiger partial charge on any atom is 0.102 e. The molecule has 1 atom stereocenters. The molecule has 0 aliphatic carbocycles. The molecule has 0 radical (unpaired) electrons. The second-order valence-corrected chi connectivity index (χ2v) is 2.75. The quantitative estimate of drug-likeness (QED) is 0.597. The molecule has 0 amide bonds. The first-order valence-electron chi connectivity index (χ1n) is 3.66. The summed E-state index contributed by atoms with van der Waals surface area (Å²) in [5.74, 6) is 0.696. The summed E-state index contributed by atoms with van der Waals surface area (Å²) in [4.78, 5) is 0. The van der Waals surface area contributed by atoms with Crippen LogP contribution in [0.25, 0.3) is 0 Å². The lowest BCUT2D eigenvalue weighted by atomic mass is 10.2. The molecule has 62 valence electrons. The number of halogens is 2. The highest BCUT2D eigenvalue weighted by Gasteiger charge is 1.98. The topological polar surface area (TPSA) is 12.0 Å². The Kier molecular flexibility index (Phi) is 7.42. The van der Waals surface area contributed by atoms with Crippen molar-refractivity contribution < 1.29 is 4.39 Å². The van der Waals surface area contributed by atoms with Crippen molar-refractivity contribution in [1.29, 1.82) is 0 Å². The van der Waals surface area contributed by atoms with E-state index in [1.165, 1.54) is 0 Å². The Morgan fingerprint density at radius 3 is 2.80 bits per heavy atom. The molecule has 0 heterocycles. The van der Waals surface area contributed by atoms with Crippen molar-refractivity contribution in [2.24, 2.45) is 0 Å². The van der Waals surface area contributed by atoms with Crippen molar-refractivity contribution in [3.8, 4) is 0 Å². The maximum absolute atomic E-state index is 11.6. The van der Waals surface area contributed by atoms with Gasteiger partial charge in [-0.05, 0) is 19.8 Å². The fraction of sp³-hybridized carbons (Fsp3) is 1.00. The second kappa shape index (κ2) is 7.29. The van der Waals surface area contributed by atoms with Crippen molar-refractivity contribution in [3.05, 3.63) is 0 Å². The number of rotatable bonds is 6. The number of nitrogens with one attached hydrogen (secondary N) is 1. The van der Waals surface area contributed by atoms with Crippen LogP contribution in [0.1, 0.15) is 19.8 Å². The van der Waals surface area contributed by atoms with Gasteiger partial charge in [0.1, 0.15) is 6.67 Å². The Labute approximate surface area is 66.9 Å². The molecule has 1 nitrogen and oxygen atoms in total. The Morgan fingerprint density at radius 1 is 1.60 bits per heavy atom. The number of hydrogen-bond donors (Lipinski definition) is 1. The average Bonchev–Trinajstić information content (AvgIpc) is 1.97. The third kappa shape index (κ3) is 6.30. The van der Waals surface area contributed by atoms with E-state index in [1.807, 2.05) is 6.92 Å². The van der Waals surface area contributed by atoms with Crippen molar-refractivity contribution >= 4 is 11.6 Å². The largest absolute Gasteiger partial charge is 0.312 e. The summed E-state index contributed by atoms with van der Waals surface area (Å²) in [5.41, 5.74) is 0. The minimum Gasteiger partial charge on any atom is -0.312 e. The minimum absolute atomic E-state index is 0.286. The van der Waals surface area contributed by atoms with Crippen molar-refractivity contribution in [2.45, 2.75) is 25.8 Å². The average molecular weight is 168 g/mol. The van der Waals surface area contributed by atoms with Crippen LogP contribution >= 0.6 is 11.6 Å². The lowest BCUT2D eigenvalue weighted by Gasteiger charge is -2.10. The van der Waals surface area contributed by atoms with Crippen LogP contribution in [0.4, 0.5) is 4.39 Å². The van der Waals surface area contributed by atoms with Gasteiger partial charge in [-0.3, -0.25) is 0 Å². The molecule has 0 aliphatic heterocycles. The molecule has 0 saturated carbocycles. The van der Waals surface area contributed by atoms with Crippen molar-refractivity contribution in [3.63, 3.8) is 0 Å². The van der Waals surface area contributed by atoms with Crippen LogP contribution in [0.5, 0.6) is 0 Å². The van der Waals surface area contributed by atoms with Crippen molar-refractivity contribution in [1.82, 2.24) is 5.32 Å². The first-order valence-corrected chi connectivity index (χ1v) is 4.20. The highest BCUT2D eigenvalue weighted by molar-refractivity contribution is 6.17. The van der Waals surface area contributed by atoms with E-state index in [0.29, 0.717) is 18.5 Å². The number of alkyl halides is 2. The van der Waals surface area contributed by atoms with Gasteiger partial charge in [0.2, 0.25) is 0 Å². The third-order valence-electron chi connectivity index (χ3n) is 1.36. The Hall–Kier alpha value is 0.180. The van der Waals surface area contributed by atoms with Gasteiger partial charge in [-0.1, -0.05) is 0 Å². The van der Waals surface area contributed by atoms with Crippen LogP contribution in [-0.4, -0.2) is 25.1 Å². The van der Waals surface area contributed by atoms with Gasteiger partial charge in [-0.2, -0.15) is 0 Å². The summed E-state index contributed by atoms with van der Waals surface area (Å²) >= 11 is 5.48. The second-order valence-electron chi connectivity index (χ2n) is 2.38. The van der Waals surface area contributed by atoms with Gasteiger partial charge in [-0.15, -0.1) is 11.6 Å². The molecular formula is C7H15ClFN. The van der Waals surface area contributed by atoms with Crippen LogP contribution in [0.15, 0.2) is 0 Å². The predicted octanol–water partition coefficient (Wildman–Crippen LogP) is 1.95. The van der Waals surface area contributed by atoms with E-state index >= 15 is 0 Å². The van der Waals surface area contributed by atoms with E-state index in [1.54, 1.807) is 0 Å². The fourth-order valence-corrected chi connectivity index (χ4v) is 0.941. The molecule has 1 N–H and O–H groups in total. The van der Waals surface area contributed by atoms with Crippen LogP contribution in [0.3, 0.4) is 0 Å². The normalized spacial score (nSPS) is 13.5. The van der Waals surface area contributed by atoms with E-state index in [9.17, 15) is 4.39 Å². The summed E-state index contributed by atoms with van der Waals surface area (Å²) in [6.07, 6.45) is 2.03. The van der Waals surface area contributed by atoms with Crippen LogP contribution < -0.4 is 5.32 Å². The SMILES string of the molecule is CC(CCCCl)NCCF. The van der Waals surface area contributed by atoms with Crippen LogP contribution in [0, 0.1) is 0 Å².